The number of nitrogens with zero attached hydrogens (tertiary/aromatic N) is 2. The largest absolute Gasteiger partial charge is 0.388 e. The van der Waals surface area contributed by atoms with Crippen molar-refractivity contribution < 1.29 is 15.0 Å². The van der Waals surface area contributed by atoms with E-state index in [9.17, 15) is 9.90 Å². The lowest BCUT2D eigenvalue weighted by atomic mass is 10.1. The Morgan fingerprint density at radius 2 is 2.42 bits per heavy atom. The molecule has 19 heavy (non-hydrogen) atoms. The van der Waals surface area contributed by atoms with Crippen LogP contribution in [0.25, 0.3) is 0 Å². The van der Waals surface area contributed by atoms with Gasteiger partial charge in [-0.3, -0.25) is 4.79 Å². The third kappa shape index (κ3) is 3.11. The van der Waals surface area contributed by atoms with Gasteiger partial charge in [-0.05, 0) is 25.5 Å². The fourth-order valence-corrected chi connectivity index (χ4v) is 2.08. The van der Waals surface area contributed by atoms with Gasteiger partial charge in [0.15, 0.2) is 0 Å². The second-order valence-corrected chi connectivity index (χ2v) is 4.83. The summed E-state index contributed by atoms with van der Waals surface area (Å²) in [5.41, 5.74) is -0.0734. The van der Waals surface area contributed by atoms with Crippen LogP contribution in [-0.2, 0) is 0 Å². The lowest BCUT2D eigenvalue weighted by Crippen LogP contribution is -2.34. The highest BCUT2D eigenvalue weighted by molar-refractivity contribution is 5.95. The summed E-state index contributed by atoms with van der Waals surface area (Å²) in [7, 11) is 0. The highest BCUT2D eigenvalue weighted by Crippen LogP contribution is 2.22. The summed E-state index contributed by atoms with van der Waals surface area (Å²) in [6.45, 7) is 2.26. The van der Waals surface area contributed by atoms with E-state index in [2.05, 4.69) is 16.8 Å². The van der Waals surface area contributed by atoms with Crippen molar-refractivity contribution in [1.29, 1.82) is 0 Å². The lowest BCUT2D eigenvalue weighted by molar-refractivity contribution is 0.0569. The number of likely N-dealkylation sites (tertiary alicyclic amines) is 1. The molecule has 2 rings (SSSR count). The Bertz CT molecular complexity index is 543. The van der Waals surface area contributed by atoms with Crippen molar-refractivity contribution in [2.75, 3.05) is 19.7 Å². The number of carbonyl (C=O) groups excluding carboxylic acids is 1. The average molecular weight is 260 g/mol. The number of rotatable bonds is 1. The molecule has 0 saturated carbocycles. The van der Waals surface area contributed by atoms with Crippen molar-refractivity contribution in [1.82, 2.24) is 9.88 Å². The van der Waals surface area contributed by atoms with E-state index >= 15 is 0 Å². The molecule has 100 valence electrons. The summed E-state index contributed by atoms with van der Waals surface area (Å²) >= 11 is 0. The van der Waals surface area contributed by atoms with E-state index in [1.807, 2.05) is 0 Å². The van der Waals surface area contributed by atoms with Gasteiger partial charge in [0.1, 0.15) is 12.3 Å². The molecule has 1 aliphatic heterocycles. The van der Waals surface area contributed by atoms with Gasteiger partial charge in [-0.1, -0.05) is 11.8 Å². The first-order valence-corrected chi connectivity index (χ1v) is 6.10. The quantitative estimate of drug-likeness (QED) is 0.698. The van der Waals surface area contributed by atoms with Gasteiger partial charge in [-0.25, -0.2) is 4.98 Å². The summed E-state index contributed by atoms with van der Waals surface area (Å²) in [6, 6.07) is 3.38. The minimum absolute atomic E-state index is 0.236. The minimum Gasteiger partial charge on any atom is -0.388 e. The Hall–Kier alpha value is -1.90. The molecule has 0 bridgehead atoms. The highest BCUT2D eigenvalue weighted by atomic mass is 16.3. The molecule has 1 aromatic rings. The van der Waals surface area contributed by atoms with Crippen molar-refractivity contribution in [3.8, 4) is 11.8 Å². The van der Waals surface area contributed by atoms with Crippen LogP contribution in [0.4, 0.5) is 0 Å². The van der Waals surface area contributed by atoms with Gasteiger partial charge >= 0.3 is 0 Å². The maximum Gasteiger partial charge on any atom is 0.273 e. The number of aromatic nitrogens is 1. The number of carbonyl (C=O) groups is 1. The normalized spacial score (nSPS) is 21.9. The minimum atomic E-state index is -0.832. The van der Waals surface area contributed by atoms with Gasteiger partial charge in [0, 0.05) is 19.3 Å². The molecule has 2 heterocycles. The molecule has 1 aromatic heterocycles. The van der Waals surface area contributed by atoms with Gasteiger partial charge in [-0.15, -0.1) is 0 Å². The zero-order valence-corrected chi connectivity index (χ0v) is 10.8. The smallest absolute Gasteiger partial charge is 0.273 e. The third-order valence-electron chi connectivity index (χ3n) is 3.05. The van der Waals surface area contributed by atoms with Crippen molar-refractivity contribution >= 4 is 5.91 Å². The standard InChI is InChI=1S/C14H16N2O3/c1-14(19)6-8-16(10-14)13(18)12-11(5-3-9-17)4-2-7-15-12/h2,4,7,17,19H,6,8-10H2,1H3. The first-order chi connectivity index (χ1) is 9.03. The topological polar surface area (TPSA) is 73.7 Å². The average Bonchev–Trinajstić information content (AvgIpc) is 2.76. The Kier molecular flexibility index (Phi) is 3.84. The molecule has 1 amide bonds. The molecule has 1 atom stereocenters. The number of aliphatic hydroxyl groups is 2. The molecule has 2 N–H and O–H groups in total. The van der Waals surface area contributed by atoms with E-state index in [0.29, 0.717) is 25.1 Å². The van der Waals surface area contributed by atoms with E-state index in [1.54, 1.807) is 24.0 Å². The van der Waals surface area contributed by atoms with Gasteiger partial charge < -0.3 is 15.1 Å². The summed E-state index contributed by atoms with van der Waals surface area (Å²) < 4.78 is 0. The molecule has 5 heteroatoms. The molecule has 0 aliphatic carbocycles. The predicted octanol–water partition coefficient (Wildman–Crippen LogP) is 0.0223. The van der Waals surface area contributed by atoms with Crippen LogP contribution >= 0.6 is 0 Å². The van der Waals surface area contributed by atoms with Gasteiger partial charge in [0.25, 0.3) is 5.91 Å². The summed E-state index contributed by atoms with van der Waals surface area (Å²) in [6.07, 6.45) is 2.09. The van der Waals surface area contributed by atoms with Crippen LogP contribution < -0.4 is 0 Å². The van der Waals surface area contributed by atoms with E-state index < -0.39 is 5.60 Å². The van der Waals surface area contributed by atoms with Crippen molar-refractivity contribution in [3.05, 3.63) is 29.6 Å². The number of amides is 1. The third-order valence-corrected chi connectivity index (χ3v) is 3.05. The van der Waals surface area contributed by atoms with E-state index in [1.165, 1.54) is 6.20 Å². The summed E-state index contributed by atoms with van der Waals surface area (Å²) in [5, 5.41) is 18.6. The summed E-state index contributed by atoms with van der Waals surface area (Å²) in [4.78, 5) is 18.0. The fraction of sp³-hybridized carbons (Fsp3) is 0.429. The number of hydrogen-bond acceptors (Lipinski definition) is 4. The zero-order valence-electron chi connectivity index (χ0n) is 10.8. The molecule has 1 aliphatic rings. The summed E-state index contributed by atoms with van der Waals surface area (Å²) in [5.74, 6) is 4.99. The Morgan fingerprint density at radius 3 is 3.05 bits per heavy atom. The molecule has 1 unspecified atom stereocenters. The zero-order chi connectivity index (χ0) is 13.9. The number of pyridine rings is 1. The predicted molar refractivity (Wildman–Crippen MR) is 69.3 cm³/mol. The fourth-order valence-electron chi connectivity index (χ4n) is 2.08. The Labute approximate surface area is 111 Å². The van der Waals surface area contributed by atoms with Crippen LogP contribution in [0.15, 0.2) is 18.3 Å². The lowest BCUT2D eigenvalue weighted by Gasteiger charge is -2.19. The van der Waals surface area contributed by atoms with Crippen LogP contribution in [0.5, 0.6) is 0 Å². The van der Waals surface area contributed by atoms with Crippen LogP contribution in [0.1, 0.15) is 29.4 Å². The molecule has 5 nitrogen and oxygen atoms in total. The molecule has 1 saturated heterocycles. The Balaban J connectivity index is 2.25. The van der Waals surface area contributed by atoms with Gasteiger partial charge in [0.2, 0.25) is 0 Å². The van der Waals surface area contributed by atoms with Crippen molar-refractivity contribution in [3.63, 3.8) is 0 Å². The maximum atomic E-state index is 12.3. The monoisotopic (exact) mass is 260 g/mol. The SMILES string of the molecule is CC1(O)CCN(C(=O)c2ncccc2C#CCO)C1. The first kappa shape index (κ1) is 13.5. The van der Waals surface area contributed by atoms with Crippen LogP contribution in [0.3, 0.4) is 0 Å². The number of aliphatic hydroxyl groups excluding tert-OH is 1. The molecular formula is C14H16N2O3. The van der Waals surface area contributed by atoms with Crippen molar-refractivity contribution in [2.45, 2.75) is 18.9 Å². The maximum absolute atomic E-state index is 12.3. The van der Waals surface area contributed by atoms with Crippen LogP contribution in [0, 0.1) is 11.8 Å². The van der Waals surface area contributed by atoms with Crippen LogP contribution in [-0.4, -0.2) is 51.3 Å². The first-order valence-electron chi connectivity index (χ1n) is 6.10. The molecule has 1 fully saturated rings. The molecule has 0 aromatic carbocycles. The highest BCUT2D eigenvalue weighted by Gasteiger charge is 2.35. The number of hydrogen-bond donors (Lipinski definition) is 2. The van der Waals surface area contributed by atoms with Crippen LogP contribution in [0.2, 0.25) is 0 Å². The van der Waals surface area contributed by atoms with E-state index in [0.717, 1.165) is 0 Å². The second kappa shape index (κ2) is 5.39. The van der Waals surface area contributed by atoms with Crippen molar-refractivity contribution in [2.24, 2.45) is 0 Å². The Morgan fingerprint density at radius 1 is 1.63 bits per heavy atom. The van der Waals surface area contributed by atoms with Gasteiger partial charge in [0.05, 0.1) is 11.2 Å². The second-order valence-electron chi connectivity index (χ2n) is 4.83. The molecular weight excluding hydrogens is 244 g/mol. The van der Waals surface area contributed by atoms with E-state index in [-0.39, 0.29) is 18.2 Å². The number of β-amino-alcohol motifs (C(OH)–C–C–N with tert-alkyl or cyclic N) is 1. The molecule has 0 spiro atoms. The van der Waals surface area contributed by atoms with Gasteiger partial charge in [-0.2, -0.15) is 0 Å². The molecule has 0 radical (unpaired) electrons. The van der Waals surface area contributed by atoms with E-state index in [4.69, 9.17) is 5.11 Å².